The van der Waals surface area contributed by atoms with E-state index in [0.29, 0.717) is 42.7 Å². The molecule has 0 heterocycles. The lowest BCUT2D eigenvalue weighted by molar-refractivity contribution is -0.140. The molecule has 5 heteroatoms. The molecule has 0 fully saturated rings. The van der Waals surface area contributed by atoms with Gasteiger partial charge in [0.05, 0.1) is 19.3 Å². The number of Topliss-reactive ketones (excluding diaryl/α,β-unsaturated/α-hetero) is 1. The standard InChI is InChI=1S/C17H24O5/c1-4-7-14-15(10-9-13(12(2)18)17(14)20)22-11-6-5-8-16(19)21-3/h9-10,20H,4-8,11H2,1-3H3. The minimum atomic E-state index is -0.227. The van der Waals surface area contributed by atoms with Gasteiger partial charge in [-0.15, -0.1) is 0 Å². The maximum atomic E-state index is 11.5. The molecule has 1 aromatic rings. The third-order valence-corrected chi connectivity index (χ3v) is 3.38. The largest absolute Gasteiger partial charge is 0.507 e. The van der Waals surface area contributed by atoms with Crippen LogP contribution in [0.25, 0.3) is 0 Å². The van der Waals surface area contributed by atoms with E-state index >= 15 is 0 Å². The molecule has 22 heavy (non-hydrogen) atoms. The molecule has 0 aliphatic heterocycles. The summed E-state index contributed by atoms with van der Waals surface area (Å²) in [7, 11) is 1.37. The lowest BCUT2D eigenvalue weighted by Crippen LogP contribution is -2.05. The normalized spacial score (nSPS) is 10.3. The second-order valence-electron chi connectivity index (χ2n) is 5.13. The number of carbonyl (C=O) groups excluding carboxylic acids is 2. The zero-order chi connectivity index (χ0) is 16.5. The van der Waals surface area contributed by atoms with Gasteiger partial charge in [-0.05, 0) is 38.3 Å². The number of aromatic hydroxyl groups is 1. The first-order valence-electron chi connectivity index (χ1n) is 7.56. The topological polar surface area (TPSA) is 72.8 Å². The molecule has 0 saturated heterocycles. The Bertz CT molecular complexity index is 522. The van der Waals surface area contributed by atoms with Gasteiger partial charge in [0.15, 0.2) is 5.78 Å². The minimum absolute atomic E-state index is 0.0152. The van der Waals surface area contributed by atoms with Crippen LogP contribution in [0.2, 0.25) is 0 Å². The van der Waals surface area contributed by atoms with Gasteiger partial charge >= 0.3 is 5.97 Å². The van der Waals surface area contributed by atoms with E-state index in [0.717, 1.165) is 12.8 Å². The van der Waals surface area contributed by atoms with Crippen molar-refractivity contribution in [2.24, 2.45) is 0 Å². The fraction of sp³-hybridized carbons (Fsp3) is 0.529. The molecule has 0 spiro atoms. The molecule has 0 amide bonds. The Hall–Kier alpha value is -2.04. The van der Waals surface area contributed by atoms with Gasteiger partial charge in [-0.2, -0.15) is 0 Å². The number of hydrogen-bond donors (Lipinski definition) is 1. The van der Waals surface area contributed by atoms with E-state index in [9.17, 15) is 14.7 Å². The van der Waals surface area contributed by atoms with Gasteiger partial charge in [0.1, 0.15) is 11.5 Å². The molecule has 1 N–H and O–H groups in total. The number of phenols is 1. The van der Waals surface area contributed by atoms with Gasteiger partial charge in [-0.25, -0.2) is 0 Å². The van der Waals surface area contributed by atoms with Crippen molar-refractivity contribution < 1.29 is 24.2 Å². The molecule has 0 aliphatic rings. The maximum absolute atomic E-state index is 11.5. The van der Waals surface area contributed by atoms with Crippen molar-refractivity contribution in [3.8, 4) is 11.5 Å². The number of carbonyl (C=O) groups is 2. The van der Waals surface area contributed by atoms with Crippen molar-refractivity contribution in [3.05, 3.63) is 23.3 Å². The Balaban J connectivity index is 2.68. The molecule has 122 valence electrons. The highest BCUT2D eigenvalue weighted by Crippen LogP contribution is 2.33. The molecule has 0 bridgehead atoms. The predicted molar refractivity (Wildman–Crippen MR) is 83.5 cm³/mol. The van der Waals surface area contributed by atoms with E-state index in [1.54, 1.807) is 12.1 Å². The average molecular weight is 308 g/mol. The highest BCUT2D eigenvalue weighted by atomic mass is 16.5. The third kappa shape index (κ3) is 5.06. The summed E-state index contributed by atoms with van der Waals surface area (Å²) in [4.78, 5) is 22.5. The SMILES string of the molecule is CCCc1c(OCCCCC(=O)OC)ccc(C(C)=O)c1O. The number of unbranched alkanes of at least 4 members (excludes halogenated alkanes) is 1. The predicted octanol–water partition coefficient (Wildman–Crippen LogP) is 3.27. The first-order valence-corrected chi connectivity index (χ1v) is 7.56. The molecule has 0 unspecified atom stereocenters. The van der Waals surface area contributed by atoms with Gasteiger partial charge in [0, 0.05) is 12.0 Å². The van der Waals surface area contributed by atoms with Gasteiger partial charge in [-0.3, -0.25) is 9.59 Å². The first kappa shape index (κ1) is 18.0. The van der Waals surface area contributed by atoms with Crippen molar-refractivity contribution in [3.63, 3.8) is 0 Å². The van der Waals surface area contributed by atoms with E-state index in [4.69, 9.17) is 4.74 Å². The smallest absolute Gasteiger partial charge is 0.305 e. The summed E-state index contributed by atoms with van der Waals surface area (Å²) in [5.41, 5.74) is 0.990. The van der Waals surface area contributed by atoms with Crippen molar-refractivity contribution >= 4 is 11.8 Å². The summed E-state index contributed by atoms with van der Waals surface area (Å²) < 4.78 is 10.3. The molecule has 0 aliphatic carbocycles. The van der Waals surface area contributed by atoms with E-state index < -0.39 is 0 Å². The van der Waals surface area contributed by atoms with Crippen LogP contribution in [0.15, 0.2) is 12.1 Å². The average Bonchev–Trinajstić information content (AvgIpc) is 2.49. The lowest BCUT2D eigenvalue weighted by atomic mass is 10.0. The number of hydrogen-bond acceptors (Lipinski definition) is 5. The molecule has 0 aromatic heterocycles. The van der Waals surface area contributed by atoms with Crippen LogP contribution < -0.4 is 4.74 Å². The summed E-state index contributed by atoms with van der Waals surface area (Å²) in [5.74, 6) is 0.221. The molecule has 0 radical (unpaired) electrons. The highest BCUT2D eigenvalue weighted by Gasteiger charge is 2.15. The number of ether oxygens (including phenoxy) is 2. The Kier molecular flexibility index (Phi) is 7.43. The second-order valence-corrected chi connectivity index (χ2v) is 5.13. The van der Waals surface area contributed by atoms with Crippen molar-refractivity contribution in [2.75, 3.05) is 13.7 Å². The molecule has 1 aromatic carbocycles. The van der Waals surface area contributed by atoms with Crippen LogP contribution in [0.5, 0.6) is 11.5 Å². The Labute approximate surface area is 131 Å². The van der Waals surface area contributed by atoms with Crippen LogP contribution in [0.1, 0.15) is 55.5 Å². The number of benzene rings is 1. The summed E-state index contributed by atoms with van der Waals surface area (Å²) in [6.07, 6.45) is 3.26. The van der Waals surface area contributed by atoms with Crippen LogP contribution in [0.3, 0.4) is 0 Å². The maximum Gasteiger partial charge on any atom is 0.305 e. The van der Waals surface area contributed by atoms with E-state index in [2.05, 4.69) is 4.74 Å². The van der Waals surface area contributed by atoms with E-state index in [1.165, 1.54) is 14.0 Å². The minimum Gasteiger partial charge on any atom is -0.507 e. The monoisotopic (exact) mass is 308 g/mol. The van der Waals surface area contributed by atoms with Crippen LogP contribution >= 0.6 is 0 Å². The van der Waals surface area contributed by atoms with Gasteiger partial charge in [0.25, 0.3) is 0 Å². The van der Waals surface area contributed by atoms with Crippen LogP contribution in [-0.4, -0.2) is 30.6 Å². The number of methoxy groups -OCH3 is 1. The Morgan fingerprint density at radius 2 is 1.95 bits per heavy atom. The first-order chi connectivity index (χ1) is 10.5. The van der Waals surface area contributed by atoms with Gasteiger partial charge in [-0.1, -0.05) is 13.3 Å². The Morgan fingerprint density at radius 1 is 1.23 bits per heavy atom. The van der Waals surface area contributed by atoms with E-state index in [-0.39, 0.29) is 17.5 Å². The van der Waals surface area contributed by atoms with E-state index in [1.807, 2.05) is 6.92 Å². The van der Waals surface area contributed by atoms with Crippen LogP contribution in [-0.2, 0) is 16.0 Å². The third-order valence-electron chi connectivity index (χ3n) is 3.38. The number of esters is 1. The zero-order valence-corrected chi connectivity index (χ0v) is 13.5. The summed E-state index contributed by atoms with van der Waals surface area (Å²) >= 11 is 0. The van der Waals surface area contributed by atoms with Crippen LogP contribution in [0.4, 0.5) is 0 Å². The highest BCUT2D eigenvalue weighted by molar-refractivity contribution is 5.97. The molecular formula is C17H24O5. The van der Waals surface area contributed by atoms with Crippen LogP contribution in [0, 0.1) is 0 Å². The summed E-state index contributed by atoms with van der Waals surface area (Å²) in [6, 6.07) is 3.31. The summed E-state index contributed by atoms with van der Waals surface area (Å²) in [5, 5.41) is 10.2. The van der Waals surface area contributed by atoms with Crippen molar-refractivity contribution in [1.82, 2.24) is 0 Å². The fourth-order valence-electron chi connectivity index (χ4n) is 2.18. The van der Waals surface area contributed by atoms with Gasteiger partial charge in [0.2, 0.25) is 0 Å². The lowest BCUT2D eigenvalue weighted by Gasteiger charge is -2.14. The number of ketones is 1. The summed E-state index contributed by atoms with van der Waals surface area (Å²) in [6.45, 7) is 3.88. The molecule has 1 rings (SSSR count). The molecule has 5 nitrogen and oxygen atoms in total. The quantitative estimate of drug-likeness (QED) is 0.430. The number of rotatable bonds is 9. The molecule has 0 atom stereocenters. The molecular weight excluding hydrogens is 284 g/mol. The Morgan fingerprint density at radius 3 is 2.55 bits per heavy atom. The van der Waals surface area contributed by atoms with Gasteiger partial charge < -0.3 is 14.6 Å². The second kappa shape index (κ2) is 9.07. The fourth-order valence-corrected chi connectivity index (χ4v) is 2.18. The zero-order valence-electron chi connectivity index (χ0n) is 13.5. The molecule has 0 saturated carbocycles. The number of phenolic OH excluding ortho intramolecular Hbond substituents is 1. The van der Waals surface area contributed by atoms with Crippen molar-refractivity contribution in [1.29, 1.82) is 0 Å². The van der Waals surface area contributed by atoms with Crippen molar-refractivity contribution in [2.45, 2.75) is 46.0 Å².